The molecule has 1 heterocycles. The van der Waals surface area contributed by atoms with Crippen molar-refractivity contribution in [1.29, 1.82) is 0 Å². The van der Waals surface area contributed by atoms with Crippen LogP contribution in [0.15, 0.2) is 28.9 Å². The van der Waals surface area contributed by atoms with Crippen LogP contribution >= 0.6 is 27.3 Å². The zero-order valence-electron chi connectivity index (χ0n) is 9.44. The van der Waals surface area contributed by atoms with Gasteiger partial charge in [-0.1, -0.05) is 0 Å². The van der Waals surface area contributed by atoms with E-state index < -0.39 is 0 Å². The summed E-state index contributed by atoms with van der Waals surface area (Å²) in [6.45, 7) is 0.642. The molecule has 1 aromatic carbocycles. The number of rotatable bonds is 4. The van der Waals surface area contributed by atoms with Crippen LogP contribution in [0.3, 0.4) is 0 Å². The van der Waals surface area contributed by atoms with Crippen LogP contribution in [0.1, 0.15) is 4.88 Å². The predicted molar refractivity (Wildman–Crippen MR) is 74.6 cm³/mol. The van der Waals surface area contributed by atoms with Gasteiger partial charge in [0.25, 0.3) is 0 Å². The van der Waals surface area contributed by atoms with Crippen molar-refractivity contribution in [2.45, 2.75) is 6.42 Å². The molecule has 0 aliphatic carbocycles. The molecule has 0 bridgehead atoms. The topological polar surface area (TPSA) is 48.1 Å². The van der Waals surface area contributed by atoms with Crippen molar-refractivity contribution in [3.05, 3.63) is 33.7 Å². The van der Waals surface area contributed by atoms with E-state index in [1.54, 1.807) is 18.4 Å². The lowest BCUT2D eigenvalue weighted by Crippen LogP contribution is -2.01. The first-order chi connectivity index (χ1) is 8.24. The first kappa shape index (κ1) is 12.5. The second kappa shape index (κ2) is 5.62. The molecule has 0 aliphatic rings. The lowest BCUT2D eigenvalue weighted by molar-refractivity contribution is 0.415. The number of halogens is 1. The Balaban J connectivity index is 2.29. The average Bonchev–Trinajstić information content (AvgIpc) is 2.72. The molecule has 0 spiro atoms. The van der Waals surface area contributed by atoms with E-state index in [0.717, 1.165) is 27.3 Å². The number of hydrogen-bond acceptors (Lipinski definition) is 4. The highest BCUT2D eigenvalue weighted by Crippen LogP contribution is 2.32. The first-order valence-electron chi connectivity index (χ1n) is 5.24. The minimum atomic E-state index is 0.642. The Morgan fingerprint density at radius 3 is 2.65 bits per heavy atom. The van der Waals surface area contributed by atoms with Crippen LogP contribution in [0.25, 0.3) is 10.6 Å². The highest BCUT2D eigenvalue weighted by molar-refractivity contribution is 9.10. The third kappa shape index (κ3) is 2.86. The summed E-state index contributed by atoms with van der Waals surface area (Å²) < 4.78 is 6.03. The van der Waals surface area contributed by atoms with E-state index in [2.05, 4.69) is 20.9 Å². The molecule has 1 aromatic heterocycles. The smallest absolute Gasteiger partial charge is 0.124 e. The monoisotopic (exact) mass is 312 g/mol. The Hall–Kier alpha value is -0.910. The molecule has 17 heavy (non-hydrogen) atoms. The molecular formula is C12H13BrN2OS. The molecule has 0 fully saturated rings. The molecule has 2 aromatic rings. The third-order valence-corrected chi connectivity index (χ3v) is 4.44. The van der Waals surface area contributed by atoms with Crippen LogP contribution in [0.2, 0.25) is 0 Å². The SMILES string of the molecule is COc1ccc(-c2nc(Br)c(CCN)s2)cc1. The van der Waals surface area contributed by atoms with Crippen molar-refractivity contribution < 1.29 is 4.74 Å². The molecule has 0 atom stereocenters. The predicted octanol–water partition coefficient (Wildman–Crippen LogP) is 3.08. The van der Waals surface area contributed by atoms with Gasteiger partial charge in [-0.3, -0.25) is 0 Å². The Labute approximate surface area is 113 Å². The fraction of sp³-hybridized carbons (Fsp3) is 0.250. The molecule has 2 rings (SSSR count). The summed E-state index contributed by atoms with van der Waals surface area (Å²) in [5.41, 5.74) is 6.65. The summed E-state index contributed by atoms with van der Waals surface area (Å²) in [6, 6.07) is 7.90. The van der Waals surface area contributed by atoms with Crippen molar-refractivity contribution in [1.82, 2.24) is 4.98 Å². The highest BCUT2D eigenvalue weighted by Gasteiger charge is 2.09. The minimum Gasteiger partial charge on any atom is -0.497 e. The summed E-state index contributed by atoms with van der Waals surface area (Å²) in [5.74, 6) is 0.853. The number of ether oxygens (including phenoxy) is 1. The van der Waals surface area contributed by atoms with Gasteiger partial charge in [-0.05, 0) is 53.2 Å². The van der Waals surface area contributed by atoms with Gasteiger partial charge >= 0.3 is 0 Å². The summed E-state index contributed by atoms with van der Waals surface area (Å²) in [5, 5.41) is 1.00. The third-order valence-electron chi connectivity index (χ3n) is 2.36. The number of nitrogens with zero attached hydrogens (tertiary/aromatic N) is 1. The second-order valence-electron chi connectivity index (χ2n) is 3.50. The molecule has 0 radical (unpaired) electrons. The fourth-order valence-electron chi connectivity index (χ4n) is 1.48. The normalized spacial score (nSPS) is 10.5. The van der Waals surface area contributed by atoms with Gasteiger partial charge in [0.1, 0.15) is 15.4 Å². The lowest BCUT2D eigenvalue weighted by Gasteiger charge is -1.99. The number of methoxy groups -OCH3 is 1. The Morgan fingerprint density at radius 2 is 2.06 bits per heavy atom. The van der Waals surface area contributed by atoms with E-state index >= 15 is 0 Å². The van der Waals surface area contributed by atoms with Gasteiger partial charge in [-0.25, -0.2) is 4.98 Å². The number of hydrogen-bond donors (Lipinski definition) is 1. The summed E-state index contributed by atoms with van der Waals surface area (Å²) in [7, 11) is 1.66. The lowest BCUT2D eigenvalue weighted by atomic mass is 10.2. The molecule has 0 aliphatic heterocycles. The number of nitrogens with two attached hydrogens (primary N) is 1. The van der Waals surface area contributed by atoms with Gasteiger partial charge < -0.3 is 10.5 Å². The highest BCUT2D eigenvalue weighted by atomic mass is 79.9. The van der Waals surface area contributed by atoms with Crippen LogP contribution in [-0.4, -0.2) is 18.6 Å². The fourth-order valence-corrected chi connectivity index (χ4v) is 3.19. The standard InChI is InChI=1S/C12H13BrN2OS/c1-16-9-4-2-8(3-5-9)12-15-11(13)10(17-12)6-7-14/h2-5H,6-7,14H2,1H3. The van der Waals surface area contributed by atoms with Crippen molar-refractivity contribution in [2.24, 2.45) is 5.73 Å². The van der Waals surface area contributed by atoms with E-state index in [1.165, 1.54) is 4.88 Å². The van der Waals surface area contributed by atoms with Crippen LogP contribution in [0.5, 0.6) is 5.75 Å². The van der Waals surface area contributed by atoms with E-state index in [4.69, 9.17) is 10.5 Å². The Kier molecular flexibility index (Phi) is 4.15. The molecule has 0 saturated heterocycles. The van der Waals surface area contributed by atoms with E-state index in [1.807, 2.05) is 24.3 Å². The van der Waals surface area contributed by atoms with Gasteiger partial charge in [0.15, 0.2) is 0 Å². The van der Waals surface area contributed by atoms with Gasteiger partial charge in [-0.15, -0.1) is 11.3 Å². The van der Waals surface area contributed by atoms with Gasteiger partial charge in [-0.2, -0.15) is 0 Å². The molecule has 2 N–H and O–H groups in total. The minimum absolute atomic E-state index is 0.642. The largest absolute Gasteiger partial charge is 0.497 e. The number of aromatic nitrogens is 1. The van der Waals surface area contributed by atoms with E-state index in [-0.39, 0.29) is 0 Å². The number of benzene rings is 1. The van der Waals surface area contributed by atoms with Crippen molar-refractivity contribution in [3.8, 4) is 16.3 Å². The van der Waals surface area contributed by atoms with Crippen molar-refractivity contribution in [3.63, 3.8) is 0 Å². The van der Waals surface area contributed by atoms with Gasteiger partial charge in [0.2, 0.25) is 0 Å². The number of thiazole rings is 1. The van der Waals surface area contributed by atoms with Gasteiger partial charge in [0, 0.05) is 10.4 Å². The molecular weight excluding hydrogens is 300 g/mol. The Morgan fingerprint density at radius 1 is 1.35 bits per heavy atom. The maximum absolute atomic E-state index is 5.56. The molecule has 3 nitrogen and oxygen atoms in total. The van der Waals surface area contributed by atoms with Crippen molar-refractivity contribution in [2.75, 3.05) is 13.7 Å². The van der Waals surface area contributed by atoms with Crippen LogP contribution in [0.4, 0.5) is 0 Å². The van der Waals surface area contributed by atoms with Crippen LogP contribution < -0.4 is 10.5 Å². The molecule has 0 amide bonds. The molecule has 0 saturated carbocycles. The van der Waals surface area contributed by atoms with Gasteiger partial charge in [0.05, 0.1) is 7.11 Å². The Bertz CT molecular complexity index is 496. The molecule has 90 valence electrons. The van der Waals surface area contributed by atoms with Crippen LogP contribution in [0, 0.1) is 0 Å². The zero-order valence-corrected chi connectivity index (χ0v) is 11.8. The molecule has 5 heteroatoms. The van der Waals surface area contributed by atoms with Crippen molar-refractivity contribution >= 4 is 27.3 Å². The average molecular weight is 313 g/mol. The summed E-state index contributed by atoms with van der Waals surface area (Å²) in [6.07, 6.45) is 0.856. The van der Waals surface area contributed by atoms with E-state index in [0.29, 0.717) is 6.54 Å². The van der Waals surface area contributed by atoms with Crippen LogP contribution in [-0.2, 0) is 6.42 Å². The first-order valence-corrected chi connectivity index (χ1v) is 6.85. The summed E-state index contributed by atoms with van der Waals surface area (Å²) >= 11 is 5.13. The maximum atomic E-state index is 5.56. The maximum Gasteiger partial charge on any atom is 0.124 e. The second-order valence-corrected chi connectivity index (χ2v) is 5.33. The van der Waals surface area contributed by atoms with E-state index in [9.17, 15) is 0 Å². The summed E-state index contributed by atoms with van der Waals surface area (Å²) in [4.78, 5) is 5.69. The molecule has 0 unspecified atom stereocenters. The zero-order chi connectivity index (χ0) is 12.3. The quantitative estimate of drug-likeness (QED) is 0.943.